The summed E-state index contributed by atoms with van der Waals surface area (Å²) in [6.45, 7) is 14.4. The van der Waals surface area contributed by atoms with Crippen LogP contribution in [-0.2, 0) is 0 Å². The maximum absolute atomic E-state index is 5.12. The zero-order valence-electron chi connectivity index (χ0n) is 23.0. The lowest BCUT2D eigenvalue weighted by Crippen LogP contribution is -2.47. The molecule has 2 fully saturated rings. The van der Waals surface area contributed by atoms with Crippen LogP contribution in [0.4, 0.5) is 17.6 Å². The van der Waals surface area contributed by atoms with Gasteiger partial charge in [0, 0.05) is 63.6 Å². The molecule has 0 atom stereocenters. The topological polar surface area (TPSA) is 78.2 Å². The molecule has 0 unspecified atom stereocenters. The Morgan fingerprint density at radius 3 is 2.32 bits per heavy atom. The van der Waals surface area contributed by atoms with E-state index < -0.39 is 0 Å². The van der Waals surface area contributed by atoms with Crippen LogP contribution in [0, 0.1) is 0 Å². The smallest absolute Gasteiger partial charge is 0.229 e. The van der Waals surface area contributed by atoms with Gasteiger partial charge in [0.05, 0.1) is 6.33 Å². The van der Waals surface area contributed by atoms with Crippen LogP contribution in [-0.4, -0.2) is 80.8 Å². The van der Waals surface area contributed by atoms with Crippen LogP contribution < -0.4 is 15.1 Å². The average molecular weight is 506 g/mol. The van der Waals surface area contributed by atoms with E-state index in [9.17, 15) is 0 Å². The van der Waals surface area contributed by atoms with Crippen LogP contribution in [0.25, 0.3) is 11.2 Å². The van der Waals surface area contributed by atoms with E-state index in [1.165, 1.54) is 32.1 Å². The number of nitrogens with one attached hydrogen (secondary N) is 1. The Labute approximate surface area is 221 Å². The van der Waals surface area contributed by atoms with Gasteiger partial charge in [0.25, 0.3) is 0 Å². The number of pyridine rings is 1. The zero-order valence-corrected chi connectivity index (χ0v) is 23.0. The number of hydrogen-bond donors (Lipinski definition) is 1. The van der Waals surface area contributed by atoms with E-state index >= 15 is 0 Å². The molecule has 0 spiro atoms. The number of aromatic nitrogens is 5. The van der Waals surface area contributed by atoms with Gasteiger partial charge in [0.2, 0.25) is 5.95 Å². The third-order valence-corrected chi connectivity index (χ3v) is 7.90. The maximum Gasteiger partial charge on any atom is 0.229 e. The Bertz CT molecular complexity index is 1120. The van der Waals surface area contributed by atoms with Crippen LogP contribution in [0.3, 0.4) is 0 Å². The van der Waals surface area contributed by atoms with Crippen molar-refractivity contribution < 1.29 is 0 Å². The summed E-state index contributed by atoms with van der Waals surface area (Å²) >= 11 is 0. The number of anilines is 3. The van der Waals surface area contributed by atoms with Crippen molar-refractivity contribution in [2.45, 2.75) is 77.9 Å². The molecule has 1 saturated carbocycles. The number of piperazine rings is 1. The van der Waals surface area contributed by atoms with Gasteiger partial charge in [-0.1, -0.05) is 25.3 Å². The lowest BCUT2D eigenvalue weighted by Gasteiger charge is -2.35. The molecule has 1 saturated heterocycles. The summed E-state index contributed by atoms with van der Waals surface area (Å²) in [4.78, 5) is 26.7. The first-order valence-electron chi connectivity index (χ1n) is 14.2. The molecule has 9 nitrogen and oxygen atoms in total. The lowest BCUT2D eigenvalue weighted by molar-refractivity contribution is 0.182. The number of imidazole rings is 1. The van der Waals surface area contributed by atoms with Gasteiger partial charge in [-0.15, -0.1) is 0 Å². The molecule has 0 radical (unpaired) electrons. The Hall–Kier alpha value is -2.94. The molecule has 0 amide bonds. The van der Waals surface area contributed by atoms with Crippen LogP contribution in [0.1, 0.15) is 65.8 Å². The van der Waals surface area contributed by atoms with E-state index in [-0.39, 0.29) is 0 Å². The first-order chi connectivity index (χ1) is 18.0. The van der Waals surface area contributed by atoms with E-state index in [1.807, 2.05) is 18.6 Å². The van der Waals surface area contributed by atoms with Crippen LogP contribution in [0.5, 0.6) is 0 Å². The SMILES string of the molecule is CC(C)N(CCNc1nc(N2CCN(c3ccccn3)CC2)nc2c1ncn2C1CCCCC1)C(C)C. The fraction of sp³-hybridized carbons (Fsp3) is 0.643. The highest BCUT2D eigenvalue weighted by molar-refractivity contribution is 5.84. The monoisotopic (exact) mass is 505 g/mol. The molecule has 1 aliphatic heterocycles. The van der Waals surface area contributed by atoms with Crippen molar-refractivity contribution in [2.24, 2.45) is 0 Å². The molecule has 0 aromatic carbocycles. The molecule has 3 aromatic heterocycles. The van der Waals surface area contributed by atoms with Crippen molar-refractivity contribution in [1.82, 2.24) is 29.4 Å². The van der Waals surface area contributed by atoms with E-state index in [4.69, 9.17) is 15.0 Å². The van der Waals surface area contributed by atoms with Crippen LogP contribution in [0.2, 0.25) is 0 Å². The molecule has 1 N–H and O–H groups in total. The van der Waals surface area contributed by atoms with Gasteiger partial charge >= 0.3 is 0 Å². The van der Waals surface area contributed by atoms with Gasteiger partial charge in [-0.2, -0.15) is 9.97 Å². The van der Waals surface area contributed by atoms with Gasteiger partial charge in [0.1, 0.15) is 5.82 Å². The summed E-state index contributed by atoms with van der Waals surface area (Å²) < 4.78 is 2.32. The second kappa shape index (κ2) is 11.6. The van der Waals surface area contributed by atoms with Crippen LogP contribution in [0.15, 0.2) is 30.7 Å². The van der Waals surface area contributed by atoms with Crippen molar-refractivity contribution in [3.8, 4) is 0 Å². The molecule has 4 heterocycles. The first-order valence-corrected chi connectivity index (χ1v) is 14.2. The third kappa shape index (κ3) is 5.81. The fourth-order valence-electron chi connectivity index (χ4n) is 5.89. The summed E-state index contributed by atoms with van der Waals surface area (Å²) in [7, 11) is 0. The summed E-state index contributed by atoms with van der Waals surface area (Å²) in [5.41, 5.74) is 1.86. The summed E-state index contributed by atoms with van der Waals surface area (Å²) in [5, 5.41) is 3.64. The lowest BCUT2D eigenvalue weighted by atomic mass is 9.95. The van der Waals surface area contributed by atoms with Crippen LogP contribution >= 0.6 is 0 Å². The molecule has 0 bridgehead atoms. The average Bonchev–Trinajstić information content (AvgIpc) is 3.36. The minimum atomic E-state index is 0.479. The highest BCUT2D eigenvalue weighted by Crippen LogP contribution is 2.32. The molecule has 5 rings (SSSR count). The van der Waals surface area contributed by atoms with Crippen molar-refractivity contribution >= 4 is 28.7 Å². The van der Waals surface area contributed by atoms with Gasteiger partial charge < -0.3 is 19.7 Å². The fourth-order valence-corrected chi connectivity index (χ4v) is 5.89. The normalized spacial score (nSPS) is 17.5. The van der Waals surface area contributed by atoms with Crippen molar-refractivity contribution in [3.05, 3.63) is 30.7 Å². The van der Waals surface area contributed by atoms with E-state index in [2.05, 4.69) is 69.4 Å². The Balaban J connectivity index is 1.39. The molecule has 2 aliphatic rings. The molecule has 1 aliphatic carbocycles. The quantitative estimate of drug-likeness (QED) is 0.453. The van der Waals surface area contributed by atoms with Gasteiger partial charge in [-0.3, -0.25) is 4.90 Å². The number of nitrogens with zero attached hydrogens (tertiary/aromatic N) is 8. The first kappa shape index (κ1) is 25.7. The second-order valence-corrected chi connectivity index (χ2v) is 11.0. The number of hydrogen-bond acceptors (Lipinski definition) is 8. The largest absolute Gasteiger partial charge is 0.367 e. The standard InChI is InChI=1S/C28H43N9/c1-21(2)36(22(3)4)15-14-30-26-25-27(37(20-31-25)23-10-6-5-7-11-23)33-28(32-26)35-18-16-34(17-19-35)24-12-8-9-13-29-24/h8-9,12-13,20-23H,5-7,10-11,14-19H2,1-4H3,(H,30,32,33). The molecule has 3 aromatic rings. The van der Waals surface area contributed by atoms with Gasteiger partial charge in [-0.05, 0) is 52.7 Å². The summed E-state index contributed by atoms with van der Waals surface area (Å²) in [6, 6.07) is 7.59. The van der Waals surface area contributed by atoms with E-state index in [0.717, 1.165) is 68.0 Å². The number of fused-ring (bicyclic) bond motifs is 1. The van der Waals surface area contributed by atoms with Gasteiger partial charge in [-0.25, -0.2) is 9.97 Å². The predicted octanol–water partition coefficient (Wildman–Crippen LogP) is 4.58. The van der Waals surface area contributed by atoms with Crippen molar-refractivity contribution in [1.29, 1.82) is 0 Å². The molecule has 37 heavy (non-hydrogen) atoms. The number of rotatable bonds is 9. The molecule has 9 heteroatoms. The summed E-state index contributed by atoms with van der Waals surface area (Å²) in [6.07, 6.45) is 10.2. The highest BCUT2D eigenvalue weighted by Gasteiger charge is 2.25. The van der Waals surface area contributed by atoms with Crippen molar-refractivity contribution in [3.63, 3.8) is 0 Å². The summed E-state index contributed by atoms with van der Waals surface area (Å²) in [5.74, 6) is 2.70. The minimum absolute atomic E-state index is 0.479. The van der Waals surface area contributed by atoms with Gasteiger partial charge in [0.15, 0.2) is 17.0 Å². The third-order valence-electron chi connectivity index (χ3n) is 7.90. The minimum Gasteiger partial charge on any atom is -0.367 e. The van der Waals surface area contributed by atoms with E-state index in [1.54, 1.807) is 0 Å². The van der Waals surface area contributed by atoms with E-state index in [0.29, 0.717) is 18.1 Å². The Morgan fingerprint density at radius 2 is 1.65 bits per heavy atom. The zero-order chi connectivity index (χ0) is 25.8. The molecular formula is C28H43N9. The molecule has 200 valence electrons. The Morgan fingerprint density at radius 1 is 0.919 bits per heavy atom. The predicted molar refractivity (Wildman–Crippen MR) is 152 cm³/mol. The maximum atomic E-state index is 5.12. The Kier molecular flexibility index (Phi) is 8.08. The van der Waals surface area contributed by atoms with Crippen molar-refractivity contribution in [2.75, 3.05) is 54.4 Å². The highest BCUT2D eigenvalue weighted by atomic mass is 15.4. The second-order valence-electron chi connectivity index (χ2n) is 11.0. The molecular weight excluding hydrogens is 462 g/mol.